The van der Waals surface area contributed by atoms with Gasteiger partial charge in [0.1, 0.15) is 11.9 Å². The van der Waals surface area contributed by atoms with Crippen LogP contribution in [0.3, 0.4) is 0 Å². The van der Waals surface area contributed by atoms with Crippen LogP contribution in [0, 0.1) is 11.7 Å². The summed E-state index contributed by atoms with van der Waals surface area (Å²) in [5, 5.41) is 3.34. The second-order valence-corrected chi connectivity index (χ2v) is 4.86. The first-order valence-corrected chi connectivity index (χ1v) is 6.50. The number of nitrogens with one attached hydrogen (secondary N) is 1. The van der Waals surface area contributed by atoms with E-state index < -0.39 is 0 Å². The summed E-state index contributed by atoms with van der Waals surface area (Å²) in [5.41, 5.74) is 1.00. The molecule has 2 heterocycles. The van der Waals surface area contributed by atoms with Crippen LogP contribution in [0.25, 0.3) is 0 Å². The Morgan fingerprint density at radius 2 is 1.89 bits per heavy atom. The average Bonchev–Trinajstić information content (AvgIpc) is 2.90. The van der Waals surface area contributed by atoms with Gasteiger partial charge in [-0.15, -0.1) is 0 Å². The summed E-state index contributed by atoms with van der Waals surface area (Å²) in [6.45, 7) is 2.73. The Kier molecular flexibility index (Phi) is 3.28. The van der Waals surface area contributed by atoms with E-state index >= 15 is 0 Å². The Hall–Kier alpha value is -1.42. The van der Waals surface area contributed by atoms with E-state index in [0.717, 1.165) is 37.4 Å². The molecule has 0 saturated carbocycles. The summed E-state index contributed by atoms with van der Waals surface area (Å²) in [6.07, 6.45) is 2.15. The fraction of sp³-hybridized carbons (Fsp3) is 0.500. The molecule has 0 radical (unpaired) electrons. The van der Waals surface area contributed by atoms with E-state index in [9.17, 15) is 4.39 Å². The Morgan fingerprint density at radius 3 is 2.61 bits per heavy atom. The largest absolute Gasteiger partial charge is 0.471 e. The molecule has 1 atom stereocenters. The molecule has 3 nitrogen and oxygen atoms in total. The second kappa shape index (κ2) is 5.06. The molecule has 4 heteroatoms. The zero-order valence-electron chi connectivity index (χ0n) is 10.2. The number of nitrogens with zero attached hydrogens (tertiary/aromatic N) is 1. The first-order chi connectivity index (χ1) is 8.83. The Balaban J connectivity index is 1.64. The molecule has 0 bridgehead atoms. The second-order valence-electron chi connectivity index (χ2n) is 4.86. The van der Waals surface area contributed by atoms with Crippen LogP contribution in [0.4, 0.5) is 4.39 Å². The van der Waals surface area contributed by atoms with Gasteiger partial charge < -0.3 is 10.1 Å². The lowest BCUT2D eigenvalue weighted by Crippen LogP contribution is -2.32. The third-order valence-corrected chi connectivity index (χ3v) is 3.61. The number of aliphatic imine (C=N–C) groups is 1. The first-order valence-electron chi connectivity index (χ1n) is 6.50. The van der Waals surface area contributed by atoms with Gasteiger partial charge in [0.25, 0.3) is 0 Å². The van der Waals surface area contributed by atoms with Crippen LogP contribution >= 0.6 is 0 Å². The number of halogens is 1. The average molecular weight is 248 g/mol. The number of ether oxygens (including phenoxy) is 1. The quantitative estimate of drug-likeness (QED) is 0.871. The molecule has 0 spiro atoms. The van der Waals surface area contributed by atoms with Gasteiger partial charge in [0.2, 0.25) is 0 Å². The summed E-state index contributed by atoms with van der Waals surface area (Å²) in [5.74, 6) is 1.14. The van der Waals surface area contributed by atoms with Crippen molar-refractivity contribution >= 4 is 5.90 Å². The normalized spacial score (nSPS) is 24.7. The monoisotopic (exact) mass is 248 g/mol. The Morgan fingerprint density at radius 1 is 1.17 bits per heavy atom. The molecule has 2 aliphatic heterocycles. The molecule has 1 aromatic carbocycles. The van der Waals surface area contributed by atoms with Crippen molar-refractivity contribution < 1.29 is 9.13 Å². The van der Waals surface area contributed by atoms with Crippen molar-refractivity contribution in [3.05, 3.63) is 35.6 Å². The number of hydrogen-bond donors (Lipinski definition) is 1. The third-order valence-electron chi connectivity index (χ3n) is 3.61. The molecule has 1 unspecified atom stereocenters. The number of benzene rings is 1. The van der Waals surface area contributed by atoms with Crippen molar-refractivity contribution in [2.45, 2.75) is 18.9 Å². The van der Waals surface area contributed by atoms with Gasteiger partial charge in [-0.1, -0.05) is 12.1 Å². The highest BCUT2D eigenvalue weighted by Crippen LogP contribution is 2.28. The molecular formula is C14H17FN2O. The van der Waals surface area contributed by atoms with Crippen molar-refractivity contribution in [3.63, 3.8) is 0 Å². The van der Waals surface area contributed by atoms with Crippen molar-refractivity contribution in [1.82, 2.24) is 5.32 Å². The highest BCUT2D eigenvalue weighted by molar-refractivity contribution is 5.80. The van der Waals surface area contributed by atoms with Gasteiger partial charge in [0.05, 0.1) is 6.54 Å². The van der Waals surface area contributed by atoms with Crippen LogP contribution in [0.2, 0.25) is 0 Å². The highest BCUT2D eigenvalue weighted by atomic mass is 19.1. The summed E-state index contributed by atoms with van der Waals surface area (Å²) >= 11 is 0. The predicted molar refractivity (Wildman–Crippen MR) is 68.1 cm³/mol. The van der Waals surface area contributed by atoms with Crippen LogP contribution in [-0.2, 0) is 4.74 Å². The van der Waals surface area contributed by atoms with Crippen LogP contribution in [0.1, 0.15) is 24.5 Å². The maximum atomic E-state index is 12.9. The molecule has 0 aliphatic carbocycles. The molecular weight excluding hydrogens is 231 g/mol. The highest BCUT2D eigenvalue weighted by Gasteiger charge is 2.28. The summed E-state index contributed by atoms with van der Waals surface area (Å²) in [4.78, 5) is 4.51. The maximum absolute atomic E-state index is 12.9. The Bertz CT molecular complexity index is 438. The van der Waals surface area contributed by atoms with E-state index in [0.29, 0.717) is 12.5 Å². The lowest BCUT2D eigenvalue weighted by atomic mass is 9.98. The van der Waals surface area contributed by atoms with E-state index in [1.54, 1.807) is 12.1 Å². The minimum absolute atomic E-state index is 0.0320. The van der Waals surface area contributed by atoms with Crippen molar-refractivity contribution in [3.8, 4) is 0 Å². The minimum Gasteiger partial charge on any atom is -0.471 e. The standard InChI is InChI=1S/C14H17FN2O/c15-12-3-1-10(2-4-12)13-9-17-14(18-13)11-5-7-16-8-6-11/h1-4,11,13,16H,5-9H2. The van der Waals surface area contributed by atoms with Crippen molar-refractivity contribution in [2.24, 2.45) is 10.9 Å². The van der Waals surface area contributed by atoms with Crippen molar-refractivity contribution in [2.75, 3.05) is 19.6 Å². The molecule has 1 aromatic rings. The van der Waals surface area contributed by atoms with E-state index in [-0.39, 0.29) is 11.9 Å². The fourth-order valence-corrected chi connectivity index (χ4v) is 2.54. The SMILES string of the molecule is Fc1ccc(C2CN=C(C3CCNCC3)O2)cc1. The molecule has 1 N–H and O–H groups in total. The van der Waals surface area contributed by atoms with Crippen LogP contribution in [0.5, 0.6) is 0 Å². The van der Waals surface area contributed by atoms with Crippen molar-refractivity contribution in [1.29, 1.82) is 0 Å². The lowest BCUT2D eigenvalue weighted by molar-refractivity contribution is 0.208. The maximum Gasteiger partial charge on any atom is 0.187 e. The van der Waals surface area contributed by atoms with Gasteiger partial charge in [0.15, 0.2) is 5.90 Å². The van der Waals surface area contributed by atoms with Gasteiger partial charge in [-0.25, -0.2) is 4.39 Å². The molecule has 0 amide bonds. The van der Waals surface area contributed by atoms with Gasteiger partial charge in [0, 0.05) is 5.92 Å². The first kappa shape index (κ1) is 11.7. The van der Waals surface area contributed by atoms with Gasteiger partial charge in [-0.2, -0.15) is 0 Å². The minimum atomic E-state index is -0.212. The Labute approximate surface area is 106 Å². The molecule has 1 fully saturated rings. The zero-order valence-corrected chi connectivity index (χ0v) is 10.2. The topological polar surface area (TPSA) is 33.6 Å². The fourth-order valence-electron chi connectivity index (χ4n) is 2.54. The van der Waals surface area contributed by atoms with E-state index in [2.05, 4.69) is 10.3 Å². The molecule has 3 rings (SSSR count). The molecule has 1 saturated heterocycles. The number of hydrogen-bond acceptors (Lipinski definition) is 3. The summed E-state index contributed by atoms with van der Waals surface area (Å²) in [6, 6.07) is 6.50. The summed E-state index contributed by atoms with van der Waals surface area (Å²) < 4.78 is 18.8. The van der Waals surface area contributed by atoms with E-state index in [1.807, 2.05) is 0 Å². The molecule has 0 aromatic heterocycles. The van der Waals surface area contributed by atoms with E-state index in [4.69, 9.17) is 4.74 Å². The number of piperidine rings is 1. The number of rotatable bonds is 2. The molecule has 2 aliphatic rings. The lowest BCUT2D eigenvalue weighted by Gasteiger charge is -2.23. The third kappa shape index (κ3) is 2.38. The smallest absolute Gasteiger partial charge is 0.187 e. The zero-order chi connectivity index (χ0) is 12.4. The molecule has 18 heavy (non-hydrogen) atoms. The van der Waals surface area contributed by atoms with Gasteiger partial charge in [-0.05, 0) is 43.6 Å². The van der Waals surface area contributed by atoms with E-state index in [1.165, 1.54) is 12.1 Å². The van der Waals surface area contributed by atoms with Crippen LogP contribution in [0.15, 0.2) is 29.3 Å². The van der Waals surface area contributed by atoms with Gasteiger partial charge in [-0.3, -0.25) is 4.99 Å². The predicted octanol–water partition coefficient (Wildman–Crippen LogP) is 2.30. The molecule has 96 valence electrons. The van der Waals surface area contributed by atoms with Crippen LogP contribution < -0.4 is 5.32 Å². The summed E-state index contributed by atoms with van der Waals surface area (Å²) in [7, 11) is 0. The van der Waals surface area contributed by atoms with Gasteiger partial charge >= 0.3 is 0 Å². The van der Waals surface area contributed by atoms with Crippen LogP contribution in [-0.4, -0.2) is 25.5 Å².